The Morgan fingerprint density at radius 3 is 2.54 bits per heavy atom. The number of ether oxygens (including phenoxy) is 2. The Morgan fingerprint density at radius 1 is 1.15 bits per heavy atom. The van der Waals surface area contributed by atoms with Crippen molar-refractivity contribution in [2.24, 2.45) is 0 Å². The number of fused-ring (bicyclic) bond motifs is 1. The Morgan fingerprint density at radius 2 is 1.85 bits per heavy atom. The van der Waals surface area contributed by atoms with E-state index in [0.717, 1.165) is 11.5 Å². The van der Waals surface area contributed by atoms with Crippen molar-refractivity contribution in [3.05, 3.63) is 18.3 Å². The molecule has 0 radical (unpaired) electrons. The Kier molecular flexibility index (Phi) is 2.43. The van der Waals surface area contributed by atoms with E-state index >= 15 is 0 Å². The second-order valence-electron chi connectivity index (χ2n) is 2.57. The number of methoxy groups -OCH3 is 2. The summed E-state index contributed by atoms with van der Waals surface area (Å²) < 4.78 is 16.0. The Bertz CT molecular complexity index is 386. The van der Waals surface area contributed by atoms with Crippen LogP contribution in [0.3, 0.4) is 0 Å². The third-order valence-corrected chi connectivity index (χ3v) is 4.03. The zero-order valence-corrected chi connectivity index (χ0v) is 9.73. The molecule has 2 rings (SSSR count). The molecule has 0 unspecified atom stereocenters. The van der Waals surface area contributed by atoms with E-state index in [2.05, 4.69) is 3.21 Å². The summed E-state index contributed by atoms with van der Waals surface area (Å²) in [6.45, 7) is 0. The first kappa shape index (κ1) is 8.86. The monoisotopic (exact) mass is 293 g/mol. The van der Waals surface area contributed by atoms with Gasteiger partial charge in [-0.1, -0.05) is 0 Å². The molecule has 0 saturated heterocycles. The third-order valence-electron chi connectivity index (χ3n) is 1.86. The maximum absolute atomic E-state index is 5.20. The third kappa shape index (κ3) is 1.52. The molecule has 0 atom stereocenters. The molecule has 2 aromatic rings. The first-order chi connectivity index (χ1) is 6.35. The van der Waals surface area contributed by atoms with Crippen molar-refractivity contribution in [3.63, 3.8) is 0 Å². The van der Waals surface area contributed by atoms with E-state index in [9.17, 15) is 0 Å². The first-order valence-electron chi connectivity index (χ1n) is 3.81. The maximum atomic E-state index is 5.20. The average molecular weight is 291 g/mol. The summed E-state index contributed by atoms with van der Waals surface area (Å²) >= 11 is -0.354. The van der Waals surface area contributed by atoms with Gasteiger partial charge in [0.2, 0.25) is 0 Å². The molecule has 0 N–H and O–H groups in total. The van der Waals surface area contributed by atoms with Gasteiger partial charge in [0.25, 0.3) is 0 Å². The molecule has 0 aliphatic carbocycles. The summed E-state index contributed by atoms with van der Waals surface area (Å²) in [6, 6.07) is 4.01. The molecule has 0 saturated carbocycles. The minimum atomic E-state index is -0.354. The molecule has 0 fully saturated rings. The number of nitrogens with zero attached hydrogens (tertiary/aromatic N) is 1. The summed E-state index contributed by atoms with van der Waals surface area (Å²) in [4.78, 5) is 0. The molecule has 1 aromatic heterocycles. The van der Waals surface area contributed by atoms with Crippen LogP contribution in [0.5, 0.6) is 11.5 Å². The summed E-state index contributed by atoms with van der Waals surface area (Å²) in [5.41, 5.74) is 0. The molecular formula is C9H9NO2Te. The van der Waals surface area contributed by atoms with Crippen LogP contribution < -0.4 is 9.47 Å². The Hall–Kier alpha value is -0.720. The molecule has 0 spiro atoms. The zero-order valence-electron chi connectivity index (χ0n) is 7.40. The summed E-state index contributed by atoms with van der Waals surface area (Å²) in [6.07, 6.45) is 1.92. The van der Waals surface area contributed by atoms with Crippen LogP contribution in [0, 0.1) is 0 Å². The van der Waals surface area contributed by atoms with E-state index in [-0.39, 0.29) is 20.7 Å². The zero-order chi connectivity index (χ0) is 9.26. The van der Waals surface area contributed by atoms with Crippen LogP contribution in [0.1, 0.15) is 0 Å². The summed E-state index contributed by atoms with van der Waals surface area (Å²) in [7, 11) is 3.30. The molecule has 1 aromatic carbocycles. The quantitative estimate of drug-likeness (QED) is 0.782. The Balaban J connectivity index is 2.67. The molecule has 68 valence electrons. The standard InChI is InChI=1S/C9H9NO2Te/c1-11-7-3-6-5-10-13-9(6)4-8(7)12-2/h3-5H,1-2H3. The molecule has 0 amide bonds. The molecular weight excluding hydrogens is 282 g/mol. The van der Waals surface area contributed by atoms with Crippen molar-refractivity contribution in [3.8, 4) is 11.5 Å². The van der Waals surface area contributed by atoms with Gasteiger partial charge in [0, 0.05) is 0 Å². The number of rotatable bonds is 2. The van der Waals surface area contributed by atoms with Crippen LogP contribution in [-0.4, -0.2) is 38.1 Å². The van der Waals surface area contributed by atoms with Crippen LogP contribution in [0.15, 0.2) is 18.3 Å². The van der Waals surface area contributed by atoms with Gasteiger partial charge in [0.1, 0.15) is 0 Å². The van der Waals surface area contributed by atoms with Crippen molar-refractivity contribution in [2.75, 3.05) is 14.2 Å². The number of hydrogen-bond donors (Lipinski definition) is 0. The fraction of sp³-hybridized carbons (Fsp3) is 0.222. The molecule has 3 nitrogen and oxygen atoms in total. The molecule has 0 bridgehead atoms. The predicted molar refractivity (Wildman–Crippen MR) is 51.8 cm³/mol. The summed E-state index contributed by atoms with van der Waals surface area (Å²) in [5, 5.41) is 1.18. The molecule has 1 heterocycles. The van der Waals surface area contributed by atoms with Gasteiger partial charge in [-0.2, -0.15) is 0 Å². The average Bonchev–Trinajstić information content (AvgIpc) is 2.62. The van der Waals surface area contributed by atoms with Crippen LogP contribution in [0.25, 0.3) is 8.79 Å². The van der Waals surface area contributed by atoms with Gasteiger partial charge in [0.05, 0.1) is 0 Å². The van der Waals surface area contributed by atoms with Gasteiger partial charge >= 0.3 is 86.2 Å². The second-order valence-corrected chi connectivity index (χ2v) is 4.95. The van der Waals surface area contributed by atoms with Crippen molar-refractivity contribution in [1.29, 1.82) is 0 Å². The van der Waals surface area contributed by atoms with Crippen LogP contribution in [-0.2, 0) is 0 Å². The SMILES string of the molecule is COc1cc2cn[te]c2cc1OC. The Labute approximate surface area is 86.3 Å². The van der Waals surface area contributed by atoms with Crippen LogP contribution in [0.2, 0.25) is 0 Å². The van der Waals surface area contributed by atoms with Gasteiger partial charge in [-0.3, -0.25) is 0 Å². The fourth-order valence-electron chi connectivity index (χ4n) is 1.20. The van der Waals surface area contributed by atoms with Crippen molar-refractivity contribution in [1.82, 2.24) is 3.21 Å². The van der Waals surface area contributed by atoms with Crippen LogP contribution in [0.4, 0.5) is 0 Å². The second kappa shape index (κ2) is 3.57. The number of benzene rings is 1. The van der Waals surface area contributed by atoms with Crippen molar-refractivity contribution < 1.29 is 9.47 Å². The number of aromatic nitrogens is 1. The predicted octanol–water partition coefficient (Wildman–Crippen LogP) is 1.31. The molecule has 0 aliphatic heterocycles. The first-order valence-corrected chi connectivity index (χ1v) is 6.02. The van der Waals surface area contributed by atoms with Gasteiger partial charge in [0.15, 0.2) is 0 Å². The van der Waals surface area contributed by atoms with Crippen LogP contribution >= 0.6 is 0 Å². The van der Waals surface area contributed by atoms with Gasteiger partial charge < -0.3 is 0 Å². The van der Waals surface area contributed by atoms with E-state index in [1.807, 2.05) is 18.3 Å². The van der Waals surface area contributed by atoms with E-state index in [0.29, 0.717) is 0 Å². The number of hydrogen-bond acceptors (Lipinski definition) is 3. The van der Waals surface area contributed by atoms with E-state index < -0.39 is 0 Å². The topological polar surface area (TPSA) is 31.4 Å². The van der Waals surface area contributed by atoms with Gasteiger partial charge in [-0.15, -0.1) is 0 Å². The van der Waals surface area contributed by atoms with Gasteiger partial charge in [-0.25, -0.2) is 0 Å². The normalized spacial score (nSPS) is 10.3. The molecule has 4 heteroatoms. The van der Waals surface area contributed by atoms with E-state index in [1.54, 1.807) is 14.2 Å². The van der Waals surface area contributed by atoms with Gasteiger partial charge in [-0.05, 0) is 0 Å². The van der Waals surface area contributed by atoms with E-state index in [1.165, 1.54) is 8.79 Å². The summed E-state index contributed by atoms with van der Waals surface area (Å²) in [5.74, 6) is 1.58. The molecule has 0 aliphatic rings. The molecule has 13 heavy (non-hydrogen) atoms. The minimum absolute atomic E-state index is 0.354. The van der Waals surface area contributed by atoms with E-state index in [4.69, 9.17) is 9.47 Å². The van der Waals surface area contributed by atoms with Crippen molar-refractivity contribution in [2.45, 2.75) is 0 Å². The fourth-order valence-corrected chi connectivity index (χ4v) is 3.07. The van der Waals surface area contributed by atoms with Crippen molar-refractivity contribution >= 4 is 29.5 Å².